The number of nitrogens with two attached hydrogens (primary N) is 1. The number of phenolic OH excluding ortho intramolecular Hbond substituents is 2. The zero-order chi connectivity index (χ0) is 42.8. The Morgan fingerprint density at radius 3 is 1.43 bits per heavy atom. The second-order valence-electron chi connectivity index (χ2n) is 14.0. The van der Waals surface area contributed by atoms with E-state index in [2.05, 4.69) is 39.2 Å². The van der Waals surface area contributed by atoms with E-state index in [1.54, 1.807) is 68.4 Å². The number of carboxylic acid groups (broad SMARTS) is 1. The van der Waals surface area contributed by atoms with Crippen molar-refractivity contribution in [2.45, 2.75) is 82.2 Å². The predicted octanol–water partition coefficient (Wildman–Crippen LogP) is 1.69. The fourth-order valence-corrected chi connectivity index (χ4v) is 6.47. The number of carboxylic acids is 1. The van der Waals surface area contributed by atoms with Gasteiger partial charge in [-0.15, -0.1) is 0 Å². The molecule has 3 rings (SSSR count). The maximum atomic E-state index is 14.3. The van der Waals surface area contributed by atoms with E-state index >= 15 is 0 Å². The van der Waals surface area contributed by atoms with Crippen molar-refractivity contribution in [2.75, 3.05) is 17.8 Å². The third kappa shape index (κ3) is 15.2. The molecule has 3 aromatic rings. The van der Waals surface area contributed by atoms with Crippen LogP contribution in [0.1, 0.15) is 43.4 Å². The number of aromatic hydroxyl groups is 2. The number of rotatable bonds is 23. The number of carbonyl (C=O) groups is 6. The van der Waals surface area contributed by atoms with Crippen molar-refractivity contribution in [1.82, 2.24) is 26.6 Å². The summed E-state index contributed by atoms with van der Waals surface area (Å²) in [4.78, 5) is 81.0. The summed E-state index contributed by atoms with van der Waals surface area (Å²) < 4.78 is 0. The molecule has 5 amide bonds. The van der Waals surface area contributed by atoms with Crippen LogP contribution in [0.5, 0.6) is 11.5 Å². The van der Waals surface area contributed by atoms with Gasteiger partial charge >= 0.3 is 5.97 Å². The smallest absolute Gasteiger partial charge is 0.326 e. The van der Waals surface area contributed by atoms with Crippen LogP contribution in [0.15, 0.2) is 78.9 Å². The van der Waals surface area contributed by atoms with Crippen LogP contribution >= 0.6 is 24.4 Å². The van der Waals surface area contributed by atoms with Crippen LogP contribution in [0, 0.1) is 5.92 Å². The van der Waals surface area contributed by atoms with Gasteiger partial charge in [0.05, 0.1) is 6.04 Å². The third-order valence-electron chi connectivity index (χ3n) is 9.49. The largest absolute Gasteiger partial charge is 0.508 e. The molecule has 7 atom stereocenters. The first-order chi connectivity index (χ1) is 27.6. The van der Waals surface area contributed by atoms with Gasteiger partial charge in [0, 0.05) is 25.0 Å². The molecule has 0 aliphatic heterocycles. The van der Waals surface area contributed by atoms with E-state index in [0.29, 0.717) is 28.9 Å². The molecule has 0 fully saturated rings. The first-order valence-electron chi connectivity index (χ1n) is 18.8. The Labute approximate surface area is 348 Å². The van der Waals surface area contributed by atoms with Crippen LogP contribution in [0.4, 0.5) is 0 Å². The monoisotopic (exact) mass is 838 g/mol. The zero-order valence-corrected chi connectivity index (χ0v) is 34.4. The lowest BCUT2D eigenvalue weighted by atomic mass is 9.97. The summed E-state index contributed by atoms with van der Waals surface area (Å²) >= 11 is 5.54. The first-order valence-corrected chi connectivity index (χ1v) is 20.9. The number of hydrogen-bond donors (Lipinski definition) is 10. The van der Waals surface area contributed by atoms with E-state index in [9.17, 15) is 44.1 Å². The highest BCUT2D eigenvalue weighted by molar-refractivity contribution is 7.98. The minimum Gasteiger partial charge on any atom is -0.508 e. The summed E-state index contributed by atoms with van der Waals surface area (Å²) in [5.41, 5.74) is 7.61. The van der Waals surface area contributed by atoms with Crippen molar-refractivity contribution in [3.63, 3.8) is 0 Å². The summed E-state index contributed by atoms with van der Waals surface area (Å²) in [6, 6.07) is 13.5. The average molecular weight is 839 g/mol. The summed E-state index contributed by atoms with van der Waals surface area (Å²) in [7, 11) is 0. The summed E-state index contributed by atoms with van der Waals surface area (Å²) in [6.07, 6.45) is 2.31. The molecule has 0 radical (unpaired) electrons. The molecular weight excluding hydrogens is 785 g/mol. The van der Waals surface area contributed by atoms with Gasteiger partial charge < -0.3 is 47.6 Å². The van der Waals surface area contributed by atoms with Crippen molar-refractivity contribution in [2.24, 2.45) is 11.7 Å². The quantitative estimate of drug-likeness (QED) is 0.0616. The van der Waals surface area contributed by atoms with Crippen LogP contribution in [0.2, 0.25) is 0 Å². The topological polar surface area (TPSA) is 249 Å². The van der Waals surface area contributed by atoms with Gasteiger partial charge in [-0.2, -0.15) is 24.4 Å². The molecule has 314 valence electrons. The maximum Gasteiger partial charge on any atom is 0.326 e. The fraction of sp³-hybridized carbons (Fsp3) is 0.415. The molecule has 0 aromatic heterocycles. The number of aliphatic carboxylic acids is 1. The fourth-order valence-electron chi connectivity index (χ4n) is 5.83. The van der Waals surface area contributed by atoms with Gasteiger partial charge in [0.15, 0.2) is 0 Å². The first kappa shape index (κ1) is 47.1. The SMILES string of the molecule is CC[C@H](C)[C@H](NC(=O)[C@H](Cc1ccc(O)cc1)NC(=O)[C@H](Cc1ccc(O)cc1)NC(=O)[C@H](Cc1ccccc1)NC(=O)[C@H](CCSC)NC(=O)[C@@H](N)CS)C(=O)O. The van der Waals surface area contributed by atoms with Gasteiger partial charge in [-0.25, -0.2) is 4.79 Å². The highest BCUT2D eigenvalue weighted by Crippen LogP contribution is 2.16. The Bertz CT molecular complexity index is 1820. The van der Waals surface area contributed by atoms with Crippen molar-refractivity contribution >= 4 is 59.9 Å². The van der Waals surface area contributed by atoms with Gasteiger partial charge in [-0.3, -0.25) is 24.0 Å². The molecule has 58 heavy (non-hydrogen) atoms. The third-order valence-corrected chi connectivity index (χ3v) is 10.5. The maximum absolute atomic E-state index is 14.3. The Kier molecular flexibility index (Phi) is 19.4. The molecule has 3 aromatic carbocycles. The normalized spacial score (nSPS) is 14.6. The van der Waals surface area contributed by atoms with E-state index in [0.717, 1.165) is 0 Å². The lowest BCUT2D eigenvalue weighted by Gasteiger charge is -2.28. The van der Waals surface area contributed by atoms with E-state index in [4.69, 9.17) is 5.73 Å². The van der Waals surface area contributed by atoms with Crippen molar-refractivity contribution in [3.05, 3.63) is 95.6 Å². The van der Waals surface area contributed by atoms with Gasteiger partial charge in [0.25, 0.3) is 0 Å². The molecule has 10 N–H and O–H groups in total. The van der Waals surface area contributed by atoms with Crippen LogP contribution in [0.25, 0.3) is 0 Å². The summed E-state index contributed by atoms with van der Waals surface area (Å²) in [6.45, 7) is 3.46. The summed E-state index contributed by atoms with van der Waals surface area (Å²) in [5.74, 6) is -4.77. The molecule has 0 saturated carbocycles. The van der Waals surface area contributed by atoms with E-state index in [1.165, 1.54) is 36.0 Å². The van der Waals surface area contributed by atoms with Crippen LogP contribution in [-0.2, 0) is 48.0 Å². The van der Waals surface area contributed by atoms with Crippen LogP contribution < -0.4 is 32.3 Å². The van der Waals surface area contributed by atoms with Crippen molar-refractivity contribution in [1.29, 1.82) is 0 Å². The number of thiol groups is 1. The standard InChI is InChI=1S/C41H54N6O9S2/c1-4-24(2)35(41(55)56)47-40(54)34(22-27-12-16-29(49)17-13-27)46-39(53)33(21-26-10-14-28(48)15-11-26)45-38(52)32(20-25-8-6-5-7-9-25)44-37(51)31(18-19-58-3)43-36(50)30(42)23-57/h5-17,24,30-35,48-49,57H,4,18-23,42H2,1-3H3,(H,43,50)(H,44,51)(H,45,52)(H,46,53)(H,47,54)(H,55,56)/t24-,30-,31-,32-,33-,34-,35-/m0/s1. The Morgan fingerprint density at radius 2 is 1.03 bits per heavy atom. The van der Waals surface area contributed by atoms with Gasteiger partial charge in [-0.1, -0.05) is 74.9 Å². The molecule has 0 aliphatic carbocycles. The zero-order valence-electron chi connectivity index (χ0n) is 32.7. The second-order valence-corrected chi connectivity index (χ2v) is 15.3. The number of nitrogens with one attached hydrogen (secondary N) is 5. The van der Waals surface area contributed by atoms with Crippen LogP contribution in [-0.4, -0.2) is 105 Å². The van der Waals surface area contributed by atoms with Gasteiger partial charge in [-0.05, 0) is 65.3 Å². The second kappa shape index (κ2) is 23.8. The number of thioether (sulfide) groups is 1. The predicted molar refractivity (Wildman–Crippen MR) is 225 cm³/mol. The summed E-state index contributed by atoms with van der Waals surface area (Å²) in [5, 5.41) is 43.1. The molecular formula is C41H54N6O9S2. The molecule has 15 nitrogen and oxygen atoms in total. The molecule has 0 unspecified atom stereocenters. The Balaban J connectivity index is 1.99. The highest BCUT2D eigenvalue weighted by atomic mass is 32.2. The number of carbonyl (C=O) groups excluding carboxylic acids is 5. The molecule has 17 heteroatoms. The van der Waals surface area contributed by atoms with Gasteiger partial charge in [0.1, 0.15) is 41.7 Å². The van der Waals surface area contributed by atoms with Crippen LogP contribution in [0.3, 0.4) is 0 Å². The number of amides is 5. The lowest BCUT2D eigenvalue weighted by Crippen LogP contribution is -2.60. The average Bonchev–Trinajstić information content (AvgIpc) is 3.21. The highest BCUT2D eigenvalue weighted by Gasteiger charge is 2.34. The Morgan fingerprint density at radius 1 is 0.638 bits per heavy atom. The minimum atomic E-state index is -1.35. The lowest BCUT2D eigenvalue weighted by molar-refractivity contribution is -0.143. The molecule has 0 heterocycles. The van der Waals surface area contributed by atoms with E-state index in [-0.39, 0.29) is 42.9 Å². The van der Waals surface area contributed by atoms with E-state index in [1.807, 2.05) is 6.26 Å². The number of phenols is 2. The Hall–Kier alpha value is -5.26. The minimum absolute atomic E-state index is 0.00336. The molecule has 0 bridgehead atoms. The van der Waals surface area contributed by atoms with Crippen molar-refractivity contribution < 1.29 is 44.1 Å². The molecule has 0 saturated heterocycles. The van der Waals surface area contributed by atoms with Crippen molar-refractivity contribution in [3.8, 4) is 11.5 Å². The number of hydrogen-bond acceptors (Lipinski definition) is 11. The molecule has 0 spiro atoms. The number of benzene rings is 3. The van der Waals surface area contributed by atoms with E-state index < -0.39 is 77.7 Å². The molecule has 0 aliphatic rings. The van der Waals surface area contributed by atoms with Gasteiger partial charge in [0.2, 0.25) is 29.5 Å².